The summed E-state index contributed by atoms with van der Waals surface area (Å²) in [5.74, 6) is 3.31. The van der Waals surface area contributed by atoms with Crippen molar-refractivity contribution in [3.05, 3.63) is 24.5 Å². The fourth-order valence-electron chi connectivity index (χ4n) is 5.13. The van der Waals surface area contributed by atoms with E-state index in [0.717, 1.165) is 43.5 Å². The molecule has 0 aromatic heterocycles. The molecule has 0 bridgehead atoms. The maximum Gasteiger partial charge on any atom is 0.0948 e. The Morgan fingerprint density at radius 2 is 1.92 bits per heavy atom. The summed E-state index contributed by atoms with van der Waals surface area (Å²) >= 11 is 0. The van der Waals surface area contributed by atoms with Crippen LogP contribution in [0.2, 0.25) is 0 Å². The fraction of sp³-hybridized carbons (Fsp3) is 0.826. The molecular weight excluding hydrogens is 308 g/mol. The molecule has 2 aliphatic carbocycles. The second-order valence-electron chi connectivity index (χ2n) is 9.87. The van der Waals surface area contributed by atoms with Crippen molar-refractivity contribution in [2.24, 2.45) is 29.1 Å². The number of allylic oxidation sites excluding steroid dienone is 1. The monoisotopic (exact) mass is 346 g/mol. The minimum absolute atomic E-state index is 0.0715. The van der Waals surface area contributed by atoms with Crippen molar-refractivity contribution in [1.29, 1.82) is 0 Å². The summed E-state index contributed by atoms with van der Waals surface area (Å²) < 4.78 is 12.3. The van der Waals surface area contributed by atoms with E-state index < -0.39 is 0 Å². The first-order valence-corrected chi connectivity index (χ1v) is 10.4. The SMILES string of the molecule is C=C(CCC)C1CC(C)(C)OCC1C(=C)OCC1CCC2(C)CC2C1. The summed E-state index contributed by atoms with van der Waals surface area (Å²) in [4.78, 5) is 0. The average Bonchev–Trinajstić information content (AvgIpc) is 3.22. The number of hydrogen-bond donors (Lipinski definition) is 0. The molecule has 3 fully saturated rings. The Hall–Kier alpha value is -0.760. The molecule has 0 N–H and O–H groups in total. The van der Waals surface area contributed by atoms with Crippen LogP contribution in [-0.2, 0) is 9.47 Å². The van der Waals surface area contributed by atoms with E-state index in [9.17, 15) is 0 Å². The Bertz CT molecular complexity index is 520. The third-order valence-electron chi connectivity index (χ3n) is 7.14. The topological polar surface area (TPSA) is 18.5 Å². The van der Waals surface area contributed by atoms with Crippen LogP contribution in [-0.4, -0.2) is 18.8 Å². The minimum Gasteiger partial charge on any atom is -0.498 e. The van der Waals surface area contributed by atoms with Gasteiger partial charge in [-0.15, -0.1) is 0 Å². The van der Waals surface area contributed by atoms with Gasteiger partial charge >= 0.3 is 0 Å². The zero-order valence-corrected chi connectivity index (χ0v) is 16.9. The molecule has 2 nitrogen and oxygen atoms in total. The van der Waals surface area contributed by atoms with E-state index in [1.807, 2.05) is 0 Å². The van der Waals surface area contributed by atoms with Crippen LogP contribution in [0.4, 0.5) is 0 Å². The minimum atomic E-state index is -0.0715. The van der Waals surface area contributed by atoms with Gasteiger partial charge in [-0.25, -0.2) is 0 Å². The Labute approximate surface area is 155 Å². The number of ether oxygens (including phenoxy) is 2. The molecule has 0 radical (unpaired) electrons. The molecule has 2 saturated carbocycles. The number of hydrogen-bond acceptors (Lipinski definition) is 2. The van der Waals surface area contributed by atoms with Gasteiger partial charge in [-0.2, -0.15) is 0 Å². The second-order valence-corrected chi connectivity index (χ2v) is 9.87. The highest BCUT2D eigenvalue weighted by Gasteiger charge is 2.52. The third-order valence-corrected chi connectivity index (χ3v) is 7.14. The highest BCUT2D eigenvalue weighted by atomic mass is 16.5. The van der Waals surface area contributed by atoms with Gasteiger partial charge < -0.3 is 9.47 Å². The molecule has 5 unspecified atom stereocenters. The van der Waals surface area contributed by atoms with Gasteiger partial charge in [-0.05, 0) is 75.5 Å². The van der Waals surface area contributed by atoms with Crippen molar-refractivity contribution in [3.8, 4) is 0 Å². The van der Waals surface area contributed by atoms with Crippen LogP contribution in [0.5, 0.6) is 0 Å². The molecule has 1 aliphatic heterocycles. The molecular formula is C23H38O2. The quantitative estimate of drug-likeness (QED) is 0.408. The average molecular weight is 347 g/mol. The van der Waals surface area contributed by atoms with Gasteiger partial charge in [0.15, 0.2) is 0 Å². The molecule has 0 amide bonds. The normalized spacial score (nSPS) is 39.4. The summed E-state index contributed by atoms with van der Waals surface area (Å²) in [5.41, 5.74) is 1.96. The molecule has 3 aliphatic rings. The summed E-state index contributed by atoms with van der Waals surface area (Å²) in [7, 11) is 0. The number of rotatable bonds is 7. The van der Waals surface area contributed by atoms with Crippen LogP contribution in [0.1, 0.15) is 72.6 Å². The Morgan fingerprint density at radius 1 is 1.16 bits per heavy atom. The van der Waals surface area contributed by atoms with E-state index in [0.29, 0.717) is 17.9 Å². The van der Waals surface area contributed by atoms with Gasteiger partial charge in [-0.3, -0.25) is 0 Å². The van der Waals surface area contributed by atoms with Crippen LogP contribution in [0.15, 0.2) is 24.5 Å². The lowest BCUT2D eigenvalue weighted by Gasteiger charge is -2.42. The van der Waals surface area contributed by atoms with Crippen molar-refractivity contribution < 1.29 is 9.47 Å². The first kappa shape index (κ1) is 19.0. The van der Waals surface area contributed by atoms with Crippen molar-refractivity contribution in [1.82, 2.24) is 0 Å². The molecule has 1 heterocycles. The lowest BCUT2D eigenvalue weighted by atomic mass is 9.75. The van der Waals surface area contributed by atoms with Crippen LogP contribution in [0.3, 0.4) is 0 Å². The number of fused-ring (bicyclic) bond motifs is 1. The first-order valence-electron chi connectivity index (χ1n) is 10.4. The predicted molar refractivity (Wildman–Crippen MR) is 104 cm³/mol. The van der Waals surface area contributed by atoms with Crippen molar-refractivity contribution >= 4 is 0 Å². The smallest absolute Gasteiger partial charge is 0.0948 e. The highest BCUT2D eigenvalue weighted by Crippen LogP contribution is 2.62. The third kappa shape index (κ3) is 4.32. The van der Waals surface area contributed by atoms with Gasteiger partial charge in [-0.1, -0.05) is 39.0 Å². The molecule has 0 aromatic carbocycles. The summed E-state index contributed by atoms with van der Waals surface area (Å²) in [6.45, 7) is 19.3. The largest absolute Gasteiger partial charge is 0.498 e. The molecule has 3 rings (SSSR count). The van der Waals surface area contributed by atoms with Gasteiger partial charge in [0.1, 0.15) is 0 Å². The van der Waals surface area contributed by atoms with Gasteiger partial charge in [0.25, 0.3) is 0 Å². The predicted octanol–water partition coefficient (Wildman–Crippen LogP) is 6.13. The van der Waals surface area contributed by atoms with Gasteiger partial charge in [0, 0.05) is 5.92 Å². The first-order chi connectivity index (χ1) is 11.7. The van der Waals surface area contributed by atoms with Crippen LogP contribution in [0, 0.1) is 29.1 Å². The molecule has 0 spiro atoms. The van der Waals surface area contributed by atoms with E-state index in [1.165, 1.54) is 31.3 Å². The van der Waals surface area contributed by atoms with Crippen molar-refractivity contribution in [2.45, 2.75) is 78.2 Å². The maximum atomic E-state index is 6.23. The van der Waals surface area contributed by atoms with E-state index in [1.54, 1.807) is 0 Å². The Balaban J connectivity index is 1.54. The molecule has 142 valence electrons. The van der Waals surface area contributed by atoms with Crippen molar-refractivity contribution in [2.75, 3.05) is 13.2 Å². The maximum absolute atomic E-state index is 6.23. The van der Waals surface area contributed by atoms with Gasteiger partial charge in [0.2, 0.25) is 0 Å². The van der Waals surface area contributed by atoms with Crippen LogP contribution >= 0.6 is 0 Å². The van der Waals surface area contributed by atoms with Crippen LogP contribution < -0.4 is 0 Å². The molecule has 1 saturated heterocycles. The zero-order chi connectivity index (χ0) is 18.2. The summed E-state index contributed by atoms with van der Waals surface area (Å²) in [6, 6.07) is 0. The Morgan fingerprint density at radius 3 is 2.60 bits per heavy atom. The van der Waals surface area contributed by atoms with E-state index in [-0.39, 0.29) is 11.5 Å². The van der Waals surface area contributed by atoms with Crippen molar-refractivity contribution in [3.63, 3.8) is 0 Å². The lowest BCUT2D eigenvalue weighted by molar-refractivity contribution is -0.0979. The fourth-order valence-corrected chi connectivity index (χ4v) is 5.13. The molecule has 5 atom stereocenters. The zero-order valence-electron chi connectivity index (χ0n) is 16.9. The molecule has 25 heavy (non-hydrogen) atoms. The highest BCUT2D eigenvalue weighted by molar-refractivity contribution is 5.12. The van der Waals surface area contributed by atoms with E-state index >= 15 is 0 Å². The van der Waals surface area contributed by atoms with Gasteiger partial charge in [0.05, 0.1) is 24.6 Å². The lowest BCUT2D eigenvalue weighted by Crippen LogP contribution is -2.41. The Kier molecular flexibility index (Phi) is 5.40. The van der Waals surface area contributed by atoms with E-state index in [4.69, 9.17) is 9.47 Å². The molecule has 2 heteroatoms. The summed E-state index contributed by atoms with van der Waals surface area (Å²) in [6.07, 6.45) is 8.75. The van der Waals surface area contributed by atoms with E-state index in [2.05, 4.69) is 40.9 Å². The summed E-state index contributed by atoms with van der Waals surface area (Å²) in [5, 5.41) is 0. The van der Waals surface area contributed by atoms with Crippen LogP contribution in [0.25, 0.3) is 0 Å². The second kappa shape index (κ2) is 7.10. The standard InChI is InChI=1S/C23H38O2/c1-7-8-16(2)20-13-22(4,5)25-15-21(20)17(3)24-14-18-9-10-23(6)12-19(23)11-18/h18-21H,2-3,7-15H2,1,4-6H3. The molecule has 0 aromatic rings.